The number of fused-ring (bicyclic) bond motifs is 1. The Morgan fingerprint density at radius 3 is 2.58 bits per heavy atom. The van der Waals surface area contributed by atoms with Gasteiger partial charge in [-0.3, -0.25) is 5.41 Å². The van der Waals surface area contributed by atoms with E-state index in [2.05, 4.69) is 6.58 Å². The van der Waals surface area contributed by atoms with E-state index < -0.39 is 12.1 Å². The standard InChI is InChI=1S/C28H34N4O6/c1-3-15-36-28(34)32-14-12-24(18-32)37-22-8-6-20(7-9-22)25(26(33)35-4-2)38-23-10-5-19-11-13-31(27(29)30)17-21(19)16-23/h3,5-10,16,24-25H,1,4,11-15,17-18H2,2H3,(H3,29,30)/t24-,25?/m0/s1. The van der Waals surface area contributed by atoms with Crippen molar-refractivity contribution in [2.24, 2.45) is 5.73 Å². The first-order chi connectivity index (χ1) is 18.4. The molecule has 202 valence electrons. The fourth-order valence-electron chi connectivity index (χ4n) is 4.54. The molecule has 1 amide bonds. The fraction of sp³-hybridized carbons (Fsp3) is 0.393. The van der Waals surface area contributed by atoms with Crippen LogP contribution in [-0.2, 0) is 27.2 Å². The Balaban J connectivity index is 1.43. The van der Waals surface area contributed by atoms with Crippen molar-refractivity contribution in [3.05, 3.63) is 71.8 Å². The van der Waals surface area contributed by atoms with Crippen LogP contribution in [0.25, 0.3) is 0 Å². The molecule has 2 aliphatic heterocycles. The maximum atomic E-state index is 12.8. The maximum absolute atomic E-state index is 12.8. The van der Waals surface area contributed by atoms with Crippen LogP contribution >= 0.6 is 0 Å². The lowest BCUT2D eigenvalue weighted by molar-refractivity contribution is -0.151. The van der Waals surface area contributed by atoms with Crippen molar-refractivity contribution < 1.29 is 28.5 Å². The van der Waals surface area contributed by atoms with Crippen LogP contribution < -0.4 is 15.2 Å². The van der Waals surface area contributed by atoms with Crippen LogP contribution in [0.3, 0.4) is 0 Å². The van der Waals surface area contributed by atoms with E-state index in [0.717, 1.165) is 12.0 Å². The Morgan fingerprint density at radius 2 is 1.87 bits per heavy atom. The summed E-state index contributed by atoms with van der Waals surface area (Å²) in [5.41, 5.74) is 8.48. The third-order valence-electron chi connectivity index (χ3n) is 6.50. The highest BCUT2D eigenvalue weighted by atomic mass is 16.6. The smallest absolute Gasteiger partial charge is 0.410 e. The minimum absolute atomic E-state index is 0.0339. The maximum Gasteiger partial charge on any atom is 0.410 e. The van der Waals surface area contributed by atoms with Gasteiger partial charge in [-0.25, -0.2) is 9.59 Å². The third-order valence-corrected chi connectivity index (χ3v) is 6.50. The molecule has 0 bridgehead atoms. The molecule has 10 heteroatoms. The van der Waals surface area contributed by atoms with Gasteiger partial charge in [-0.1, -0.05) is 30.9 Å². The molecule has 0 spiro atoms. The van der Waals surface area contributed by atoms with Crippen LogP contribution in [0.1, 0.15) is 36.1 Å². The molecule has 3 N–H and O–H groups in total. The number of nitrogens with two attached hydrogens (primary N) is 1. The lowest BCUT2D eigenvalue weighted by atomic mass is 9.99. The minimum atomic E-state index is -0.962. The highest BCUT2D eigenvalue weighted by Gasteiger charge is 2.29. The Morgan fingerprint density at radius 1 is 1.11 bits per heavy atom. The van der Waals surface area contributed by atoms with E-state index in [1.54, 1.807) is 41.0 Å². The number of amides is 1. The number of benzene rings is 2. The Kier molecular flexibility index (Phi) is 8.73. The lowest BCUT2D eigenvalue weighted by Crippen LogP contribution is -2.40. The van der Waals surface area contributed by atoms with Crippen LogP contribution in [0.4, 0.5) is 4.79 Å². The van der Waals surface area contributed by atoms with Crippen LogP contribution in [0.15, 0.2) is 55.1 Å². The van der Waals surface area contributed by atoms with Gasteiger partial charge < -0.3 is 34.5 Å². The first kappa shape index (κ1) is 26.8. The van der Waals surface area contributed by atoms with E-state index >= 15 is 0 Å². The van der Waals surface area contributed by atoms with Gasteiger partial charge in [0.15, 0.2) is 5.96 Å². The normalized spacial score (nSPS) is 17.2. The molecule has 0 aromatic heterocycles. The monoisotopic (exact) mass is 522 g/mol. The van der Waals surface area contributed by atoms with Gasteiger partial charge in [-0.05, 0) is 48.7 Å². The van der Waals surface area contributed by atoms with E-state index in [-0.39, 0.29) is 31.4 Å². The van der Waals surface area contributed by atoms with Gasteiger partial charge in [0.25, 0.3) is 0 Å². The summed E-state index contributed by atoms with van der Waals surface area (Å²) in [7, 11) is 0. The van der Waals surface area contributed by atoms with Crippen molar-refractivity contribution in [1.82, 2.24) is 9.80 Å². The second-order valence-corrected chi connectivity index (χ2v) is 9.15. The summed E-state index contributed by atoms with van der Waals surface area (Å²) in [5, 5.41) is 7.73. The average molecular weight is 523 g/mol. The van der Waals surface area contributed by atoms with Gasteiger partial charge >= 0.3 is 12.1 Å². The molecule has 10 nitrogen and oxygen atoms in total. The Hall–Kier alpha value is -4.21. The molecule has 1 fully saturated rings. The number of rotatable bonds is 9. The summed E-state index contributed by atoms with van der Waals surface area (Å²) < 4.78 is 22.6. The predicted molar refractivity (Wildman–Crippen MR) is 141 cm³/mol. The predicted octanol–water partition coefficient (Wildman–Crippen LogP) is 3.40. The van der Waals surface area contributed by atoms with Crippen molar-refractivity contribution in [1.29, 1.82) is 5.41 Å². The first-order valence-corrected chi connectivity index (χ1v) is 12.7. The van der Waals surface area contributed by atoms with Crippen molar-refractivity contribution in [2.75, 3.05) is 32.8 Å². The van der Waals surface area contributed by atoms with Crippen LogP contribution in [-0.4, -0.2) is 66.8 Å². The highest BCUT2D eigenvalue weighted by Crippen LogP contribution is 2.29. The van der Waals surface area contributed by atoms with Crippen LogP contribution in [0.5, 0.6) is 11.5 Å². The van der Waals surface area contributed by atoms with Gasteiger partial charge in [-0.15, -0.1) is 0 Å². The van der Waals surface area contributed by atoms with Crippen molar-refractivity contribution in [3.8, 4) is 11.5 Å². The van der Waals surface area contributed by atoms with Crippen molar-refractivity contribution >= 4 is 18.0 Å². The number of carbonyl (C=O) groups excluding carboxylic acids is 2. The van der Waals surface area contributed by atoms with E-state index in [0.29, 0.717) is 49.7 Å². The molecular formula is C28H34N4O6. The molecule has 2 heterocycles. The largest absolute Gasteiger partial charge is 0.489 e. The number of esters is 1. The Labute approximate surface area is 222 Å². The Bertz CT molecular complexity index is 1170. The molecule has 2 aliphatic rings. The summed E-state index contributed by atoms with van der Waals surface area (Å²) in [4.78, 5) is 28.3. The van der Waals surface area contributed by atoms with Crippen molar-refractivity contribution in [3.63, 3.8) is 0 Å². The SMILES string of the molecule is C=CCOC(=O)N1CC[C@H](Oc2ccc(C(Oc3ccc4c(c3)CN(C(=N)N)CC4)C(=O)OCC)cc2)C1. The minimum Gasteiger partial charge on any atom is -0.489 e. The summed E-state index contributed by atoms with van der Waals surface area (Å²) in [5.74, 6) is 0.697. The molecule has 0 radical (unpaired) electrons. The molecule has 1 saturated heterocycles. The molecule has 2 aromatic rings. The molecule has 1 unspecified atom stereocenters. The van der Waals surface area contributed by atoms with E-state index in [1.807, 2.05) is 18.2 Å². The highest BCUT2D eigenvalue weighted by molar-refractivity contribution is 5.77. The number of guanidine groups is 1. The summed E-state index contributed by atoms with van der Waals surface area (Å²) in [6.07, 6.45) is 1.52. The molecule has 2 aromatic carbocycles. The zero-order valence-corrected chi connectivity index (χ0v) is 21.6. The lowest BCUT2D eigenvalue weighted by Gasteiger charge is -2.29. The topological polar surface area (TPSA) is 127 Å². The number of nitrogens with zero attached hydrogens (tertiary/aromatic N) is 2. The molecule has 4 rings (SSSR count). The number of carbonyl (C=O) groups is 2. The number of hydrogen-bond donors (Lipinski definition) is 2. The van der Waals surface area contributed by atoms with Crippen molar-refractivity contribution in [2.45, 2.75) is 38.5 Å². The second kappa shape index (κ2) is 12.4. The first-order valence-electron chi connectivity index (χ1n) is 12.7. The molecule has 2 atom stereocenters. The van der Waals surface area contributed by atoms with Gasteiger partial charge in [0.1, 0.15) is 24.2 Å². The van der Waals surface area contributed by atoms with Gasteiger partial charge in [0.2, 0.25) is 6.10 Å². The van der Waals surface area contributed by atoms with Gasteiger partial charge in [-0.2, -0.15) is 0 Å². The van der Waals surface area contributed by atoms with E-state index in [1.165, 1.54) is 11.6 Å². The number of hydrogen-bond acceptors (Lipinski definition) is 7. The number of likely N-dealkylation sites (tertiary alicyclic amines) is 1. The number of nitrogens with one attached hydrogen (secondary N) is 1. The third kappa shape index (κ3) is 6.56. The zero-order chi connectivity index (χ0) is 27.1. The van der Waals surface area contributed by atoms with Gasteiger partial charge in [0.05, 0.1) is 13.2 Å². The summed E-state index contributed by atoms with van der Waals surface area (Å²) in [6, 6.07) is 12.8. The molecule has 0 aliphatic carbocycles. The summed E-state index contributed by atoms with van der Waals surface area (Å²) >= 11 is 0. The second-order valence-electron chi connectivity index (χ2n) is 9.15. The van der Waals surface area contributed by atoms with Crippen LogP contribution in [0, 0.1) is 5.41 Å². The van der Waals surface area contributed by atoms with Gasteiger partial charge in [0, 0.05) is 31.6 Å². The molecular weight excluding hydrogens is 488 g/mol. The summed E-state index contributed by atoms with van der Waals surface area (Å²) in [6.45, 7) is 7.91. The number of ether oxygens (including phenoxy) is 4. The quantitative estimate of drug-likeness (QED) is 0.222. The average Bonchev–Trinajstić information content (AvgIpc) is 3.39. The molecule has 38 heavy (non-hydrogen) atoms. The van der Waals surface area contributed by atoms with Crippen LogP contribution in [0.2, 0.25) is 0 Å². The fourth-order valence-corrected chi connectivity index (χ4v) is 4.54. The van der Waals surface area contributed by atoms with E-state index in [9.17, 15) is 9.59 Å². The molecule has 0 saturated carbocycles. The zero-order valence-electron chi connectivity index (χ0n) is 21.6. The van der Waals surface area contributed by atoms with E-state index in [4.69, 9.17) is 30.1 Å².